The molecule has 9 nitrogen and oxygen atoms in total. The summed E-state index contributed by atoms with van der Waals surface area (Å²) in [5.74, 6) is 0.226. The highest BCUT2D eigenvalue weighted by Crippen LogP contribution is 2.35. The van der Waals surface area contributed by atoms with Gasteiger partial charge in [0.25, 0.3) is 5.91 Å². The number of nitrogens with zero attached hydrogens (tertiary/aromatic N) is 4. The van der Waals surface area contributed by atoms with Gasteiger partial charge in [-0.25, -0.2) is 4.98 Å². The van der Waals surface area contributed by atoms with E-state index in [1.807, 2.05) is 37.3 Å². The van der Waals surface area contributed by atoms with Crippen LogP contribution in [-0.4, -0.2) is 57.2 Å². The molecule has 0 spiro atoms. The molecule has 3 amide bonds. The molecule has 35 heavy (non-hydrogen) atoms. The van der Waals surface area contributed by atoms with Crippen molar-refractivity contribution in [2.45, 2.75) is 39.4 Å². The van der Waals surface area contributed by atoms with Crippen LogP contribution in [0.1, 0.15) is 40.0 Å². The van der Waals surface area contributed by atoms with Crippen molar-refractivity contribution < 1.29 is 19.1 Å². The van der Waals surface area contributed by atoms with Crippen LogP contribution in [0.4, 0.5) is 5.13 Å². The third kappa shape index (κ3) is 4.25. The molecule has 2 aromatic heterocycles. The van der Waals surface area contributed by atoms with Crippen LogP contribution in [0.25, 0.3) is 11.1 Å². The molecule has 4 heterocycles. The number of hydrogen-bond donors (Lipinski definition) is 1. The molecule has 0 bridgehead atoms. The van der Waals surface area contributed by atoms with Gasteiger partial charge in [-0.2, -0.15) is 0 Å². The van der Waals surface area contributed by atoms with Crippen molar-refractivity contribution in [3.8, 4) is 16.9 Å². The Bertz CT molecular complexity index is 1310. The smallest absolute Gasteiger partial charge is 0.259 e. The first-order chi connectivity index (χ1) is 16.9. The van der Waals surface area contributed by atoms with Crippen molar-refractivity contribution in [2.75, 3.05) is 19.0 Å². The van der Waals surface area contributed by atoms with E-state index >= 15 is 0 Å². The summed E-state index contributed by atoms with van der Waals surface area (Å²) in [6.45, 7) is 4.79. The summed E-state index contributed by atoms with van der Waals surface area (Å²) in [6.07, 6.45) is 2.25. The van der Waals surface area contributed by atoms with E-state index in [1.165, 1.54) is 18.3 Å². The molecule has 180 valence electrons. The minimum absolute atomic E-state index is 0.0468. The number of aromatic nitrogens is 2. The summed E-state index contributed by atoms with van der Waals surface area (Å²) < 4.78 is 5.50. The second-order valence-electron chi connectivity index (χ2n) is 8.63. The number of para-hydroxylation sites is 1. The van der Waals surface area contributed by atoms with Gasteiger partial charge in [-0.05, 0) is 25.5 Å². The third-order valence-corrected chi connectivity index (χ3v) is 7.37. The van der Waals surface area contributed by atoms with Crippen molar-refractivity contribution in [3.63, 3.8) is 0 Å². The lowest BCUT2D eigenvalue weighted by molar-refractivity contribution is -0.152. The largest absolute Gasteiger partial charge is 0.496 e. The Hall–Kier alpha value is -3.79. The van der Waals surface area contributed by atoms with Gasteiger partial charge >= 0.3 is 0 Å². The summed E-state index contributed by atoms with van der Waals surface area (Å²) >= 11 is 1.36. The molecule has 0 radical (unpaired) electrons. The number of nitrogens with one attached hydrogen (secondary N) is 1. The van der Waals surface area contributed by atoms with E-state index in [-0.39, 0.29) is 23.8 Å². The number of methoxy groups -OCH3 is 1. The molecule has 3 aromatic rings. The molecular weight excluding hydrogens is 466 g/mol. The summed E-state index contributed by atoms with van der Waals surface area (Å²) in [7, 11) is 1.60. The van der Waals surface area contributed by atoms with Crippen LogP contribution < -0.4 is 10.1 Å². The Morgan fingerprint density at radius 3 is 2.66 bits per heavy atom. The maximum absolute atomic E-state index is 13.2. The van der Waals surface area contributed by atoms with Crippen LogP contribution in [0.5, 0.6) is 5.75 Å². The topological polar surface area (TPSA) is 105 Å². The van der Waals surface area contributed by atoms with Crippen LogP contribution in [0.3, 0.4) is 0 Å². The molecular formula is C25H25N5O4S. The van der Waals surface area contributed by atoms with Crippen molar-refractivity contribution in [2.24, 2.45) is 0 Å². The average Bonchev–Trinajstić information content (AvgIpc) is 3.36. The molecule has 10 heteroatoms. The van der Waals surface area contributed by atoms with E-state index in [4.69, 9.17) is 4.74 Å². The summed E-state index contributed by atoms with van der Waals surface area (Å²) in [5.41, 5.74) is 3.51. The number of anilines is 1. The molecule has 1 N–H and O–H groups in total. The quantitative estimate of drug-likeness (QED) is 0.588. The van der Waals surface area contributed by atoms with Gasteiger partial charge < -0.3 is 14.5 Å². The zero-order valence-corrected chi connectivity index (χ0v) is 20.5. The predicted octanol–water partition coefficient (Wildman–Crippen LogP) is 3.24. The van der Waals surface area contributed by atoms with Crippen molar-refractivity contribution in [1.82, 2.24) is 19.8 Å². The van der Waals surface area contributed by atoms with E-state index in [0.717, 1.165) is 27.4 Å². The Morgan fingerprint density at radius 2 is 1.97 bits per heavy atom. The zero-order chi connectivity index (χ0) is 24.7. The zero-order valence-electron chi connectivity index (χ0n) is 19.7. The minimum atomic E-state index is -0.372. The van der Waals surface area contributed by atoms with Crippen LogP contribution in [0, 0.1) is 6.92 Å². The number of hydrogen-bond acceptors (Lipinski definition) is 7. The standard InChI is InChI=1S/C25H25N5O4S/c1-14-10-17(16-6-4-5-7-21(16)34-3)18(11-26-14)23(32)28-25-27-19-12-29(13-22(19)35-25)24(33)20-8-9-30(20)15(2)31/h4-7,10-11,20H,8-9,12-13H2,1-3H3,(H,27,28,32)/t20-/m1/s1. The van der Waals surface area contributed by atoms with Crippen LogP contribution >= 0.6 is 11.3 Å². The number of carbonyl (C=O) groups excluding carboxylic acids is 3. The summed E-state index contributed by atoms with van der Waals surface area (Å²) in [4.78, 5) is 50.9. The Kier molecular flexibility index (Phi) is 5.98. The van der Waals surface area contributed by atoms with Gasteiger partial charge in [0.2, 0.25) is 11.8 Å². The fourth-order valence-electron chi connectivity index (χ4n) is 4.48. The molecule has 0 saturated carbocycles. The third-order valence-electron chi connectivity index (χ3n) is 6.38. The average molecular weight is 492 g/mol. The highest BCUT2D eigenvalue weighted by atomic mass is 32.1. The number of fused-ring (bicyclic) bond motifs is 1. The Balaban J connectivity index is 1.32. The van der Waals surface area contributed by atoms with Gasteiger partial charge in [-0.15, -0.1) is 0 Å². The number of carbonyl (C=O) groups is 3. The molecule has 2 aliphatic rings. The van der Waals surface area contributed by atoms with Gasteiger partial charge in [-0.3, -0.25) is 24.7 Å². The van der Waals surface area contributed by atoms with Crippen LogP contribution in [-0.2, 0) is 22.7 Å². The highest BCUT2D eigenvalue weighted by Gasteiger charge is 2.40. The Morgan fingerprint density at radius 1 is 1.17 bits per heavy atom. The molecule has 5 rings (SSSR count). The number of ether oxygens (including phenoxy) is 1. The fraction of sp³-hybridized carbons (Fsp3) is 0.320. The fourth-order valence-corrected chi connectivity index (χ4v) is 5.46. The van der Waals surface area contributed by atoms with E-state index in [9.17, 15) is 14.4 Å². The second kappa shape index (κ2) is 9.10. The normalized spacial score (nSPS) is 16.5. The number of aryl methyl sites for hydroxylation is 1. The molecule has 1 atom stereocenters. The van der Waals surface area contributed by atoms with Crippen molar-refractivity contribution in [3.05, 3.63) is 58.4 Å². The lowest BCUT2D eigenvalue weighted by Crippen LogP contribution is -2.57. The van der Waals surface area contributed by atoms with Gasteiger partial charge in [0.15, 0.2) is 5.13 Å². The number of amides is 3. The van der Waals surface area contributed by atoms with Crippen LogP contribution in [0.15, 0.2) is 36.5 Å². The minimum Gasteiger partial charge on any atom is -0.496 e. The first-order valence-corrected chi connectivity index (χ1v) is 12.1. The van der Waals surface area contributed by atoms with E-state index < -0.39 is 0 Å². The highest BCUT2D eigenvalue weighted by molar-refractivity contribution is 7.16. The van der Waals surface area contributed by atoms with Gasteiger partial charge in [0.05, 0.1) is 36.3 Å². The number of likely N-dealkylation sites (tertiary alicyclic amines) is 1. The lowest BCUT2D eigenvalue weighted by atomic mass is 9.99. The molecule has 1 fully saturated rings. The number of rotatable bonds is 5. The number of benzene rings is 1. The van der Waals surface area contributed by atoms with Crippen molar-refractivity contribution in [1.29, 1.82) is 0 Å². The van der Waals surface area contributed by atoms with Gasteiger partial charge in [0.1, 0.15) is 11.8 Å². The maximum Gasteiger partial charge on any atom is 0.259 e. The van der Waals surface area contributed by atoms with Crippen LogP contribution in [0.2, 0.25) is 0 Å². The van der Waals surface area contributed by atoms with E-state index in [2.05, 4.69) is 15.3 Å². The van der Waals surface area contributed by atoms with Gasteiger partial charge in [0, 0.05) is 36.5 Å². The van der Waals surface area contributed by atoms with E-state index in [0.29, 0.717) is 42.5 Å². The summed E-state index contributed by atoms with van der Waals surface area (Å²) in [6, 6.07) is 9.02. The molecule has 0 aliphatic carbocycles. The number of pyridine rings is 1. The Labute approximate surface area is 206 Å². The SMILES string of the molecule is COc1ccccc1-c1cc(C)ncc1C(=O)Nc1nc2c(s1)CN(C(=O)[C@H]1CCN1C(C)=O)C2. The molecule has 1 aromatic carbocycles. The monoisotopic (exact) mass is 491 g/mol. The first kappa shape index (κ1) is 23.0. The van der Waals surface area contributed by atoms with Crippen molar-refractivity contribution >= 4 is 34.2 Å². The molecule has 2 aliphatic heterocycles. The lowest BCUT2D eigenvalue weighted by Gasteiger charge is -2.40. The van der Waals surface area contributed by atoms with Gasteiger partial charge in [-0.1, -0.05) is 29.5 Å². The maximum atomic E-state index is 13.2. The van der Waals surface area contributed by atoms with E-state index in [1.54, 1.807) is 23.1 Å². The predicted molar refractivity (Wildman–Crippen MR) is 131 cm³/mol. The molecule has 0 unspecified atom stereocenters. The molecule has 1 saturated heterocycles. The number of thiazole rings is 1. The second-order valence-corrected chi connectivity index (χ2v) is 9.71. The first-order valence-electron chi connectivity index (χ1n) is 11.3. The summed E-state index contributed by atoms with van der Waals surface area (Å²) in [5, 5.41) is 3.38.